The quantitative estimate of drug-likeness (QED) is 0.297. The van der Waals surface area contributed by atoms with Crippen molar-refractivity contribution in [3.63, 3.8) is 0 Å². The van der Waals surface area contributed by atoms with Crippen LogP contribution in [0.15, 0.2) is 24.3 Å². The van der Waals surface area contributed by atoms with E-state index in [2.05, 4.69) is 25.2 Å². The number of nitrogens with zero attached hydrogens (tertiary/aromatic N) is 5. The second-order valence-electron chi connectivity index (χ2n) is 12.6. The van der Waals surface area contributed by atoms with Crippen LogP contribution in [0.5, 0.6) is 11.8 Å². The average molecular weight is 609 g/mol. The van der Waals surface area contributed by atoms with E-state index in [0.29, 0.717) is 31.6 Å². The van der Waals surface area contributed by atoms with Gasteiger partial charge in [0.2, 0.25) is 0 Å². The standard InChI is InChI=1S/C32H32F4N6O2/c1-17-22(33)5-4-18-12-20(43)13-21(23(17)18)26-25(34)27-24-28(38-26)32(35,36)14-19-15-37-8-11-42(19)29(24)40-30(39-27)44-16-31-6-2-9-41(31)10-3-7-31/h4-5,12-13,19,37,43H,2-3,6-11,14-16H2,1H3. The van der Waals surface area contributed by atoms with Gasteiger partial charge in [0.15, 0.2) is 5.82 Å². The fraction of sp³-hybridized carbons (Fsp3) is 0.469. The first-order chi connectivity index (χ1) is 21.1. The van der Waals surface area contributed by atoms with Crippen LogP contribution >= 0.6 is 0 Å². The van der Waals surface area contributed by atoms with Crippen LogP contribution in [-0.2, 0) is 5.92 Å². The smallest absolute Gasteiger partial charge is 0.319 e. The van der Waals surface area contributed by atoms with E-state index in [1.165, 1.54) is 31.2 Å². The molecule has 8 nitrogen and oxygen atoms in total. The number of alkyl halides is 2. The fourth-order valence-corrected chi connectivity index (χ4v) is 7.92. The van der Waals surface area contributed by atoms with Gasteiger partial charge in [0, 0.05) is 37.7 Å². The summed E-state index contributed by atoms with van der Waals surface area (Å²) in [6.45, 7) is 5.07. The molecule has 2 aromatic carbocycles. The first-order valence-electron chi connectivity index (χ1n) is 15.2. The highest BCUT2D eigenvalue weighted by Gasteiger charge is 2.48. The molecule has 2 N–H and O–H groups in total. The van der Waals surface area contributed by atoms with Gasteiger partial charge in [-0.3, -0.25) is 4.90 Å². The number of halogens is 4. The molecule has 0 saturated carbocycles. The topological polar surface area (TPSA) is 86.6 Å². The average Bonchev–Trinajstić information content (AvgIpc) is 3.56. The van der Waals surface area contributed by atoms with Crippen LogP contribution in [0.25, 0.3) is 32.9 Å². The number of aromatic hydroxyl groups is 1. The van der Waals surface area contributed by atoms with Crippen molar-refractivity contribution in [3.8, 4) is 23.0 Å². The number of phenolic OH excluding ortho intramolecular Hbond substituents is 1. The molecule has 2 aromatic heterocycles. The van der Waals surface area contributed by atoms with Gasteiger partial charge in [0.1, 0.15) is 40.9 Å². The van der Waals surface area contributed by atoms with Crippen LogP contribution in [0.4, 0.5) is 23.4 Å². The normalized spacial score (nSPS) is 22.3. The summed E-state index contributed by atoms with van der Waals surface area (Å²) in [6.07, 6.45) is 3.52. The minimum Gasteiger partial charge on any atom is -0.508 e. The van der Waals surface area contributed by atoms with E-state index < -0.39 is 41.4 Å². The molecular formula is C32H32F4N6O2. The van der Waals surface area contributed by atoms with E-state index >= 15 is 13.2 Å². The van der Waals surface area contributed by atoms with E-state index in [1.54, 1.807) is 4.90 Å². The number of rotatable bonds is 4. The third-order valence-corrected chi connectivity index (χ3v) is 10.0. The second kappa shape index (κ2) is 9.87. The summed E-state index contributed by atoms with van der Waals surface area (Å²) < 4.78 is 70.3. The van der Waals surface area contributed by atoms with Gasteiger partial charge in [-0.05, 0) is 80.2 Å². The van der Waals surface area contributed by atoms with Gasteiger partial charge in [0.05, 0.1) is 10.9 Å². The highest BCUT2D eigenvalue weighted by molar-refractivity contribution is 6.02. The van der Waals surface area contributed by atoms with Gasteiger partial charge in [-0.15, -0.1) is 0 Å². The van der Waals surface area contributed by atoms with Crippen molar-refractivity contribution in [2.24, 2.45) is 0 Å². The number of nitrogens with one attached hydrogen (secondary N) is 1. The van der Waals surface area contributed by atoms with Crippen molar-refractivity contribution >= 4 is 27.5 Å². The molecular weight excluding hydrogens is 576 g/mol. The van der Waals surface area contributed by atoms with Crippen molar-refractivity contribution < 1.29 is 27.4 Å². The van der Waals surface area contributed by atoms with E-state index in [-0.39, 0.29) is 50.5 Å². The Labute approximate surface area is 251 Å². The molecule has 230 valence electrons. The number of aryl methyl sites for hydroxylation is 1. The largest absolute Gasteiger partial charge is 0.508 e. The SMILES string of the molecule is Cc1c(F)ccc2cc(O)cc(-c3nc4c5c(nc(OCC67CCCN6CCC7)nc5c3F)N3CCNCC3CC4(F)F)c12. The van der Waals surface area contributed by atoms with E-state index in [4.69, 9.17) is 4.74 Å². The molecule has 0 radical (unpaired) electrons. The molecule has 6 heterocycles. The molecule has 0 amide bonds. The maximum atomic E-state index is 16.8. The summed E-state index contributed by atoms with van der Waals surface area (Å²) in [6, 6.07) is 4.65. The minimum atomic E-state index is -3.46. The maximum Gasteiger partial charge on any atom is 0.319 e. The molecule has 0 spiro atoms. The number of hydrogen-bond acceptors (Lipinski definition) is 8. The number of pyridine rings is 1. The lowest BCUT2D eigenvalue weighted by molar-refractivity contribution is -0.0224. The predicted molar refractivity (Wildman–Crippen MR) is 157 cm³/mol. The molecule has 0 bridgehead atoms. The van der Waals surface area contributed by atoms with Crippen LogP contribution in [0.2, 0.25) is 0 Å². The molecule has 44 heavy (non-hydrogen) atoms. The van der Waals surface area contributed by atoms with E-state index in [1.807, 2.05) is 0 Å². The van der Waals surface area contributed by atoms with Crippen LogP contribution in [0.1, 0.15) is 43.4 Å². The Balaban J connectivity index is 1.37. The second-order valence-corrected chi connectivity index (χ2v) is 12.6. The van der Waals surface area contributed by atoms with E-state index in [0.717, 1.165) is 38.8 Å². The van der Waals surface area contributed by atoms with Crippen molar-refractivity contribution in [3.05, 3.63) is 47.2 Å². The summed E-state index contributed by atoms with van der Waals surface area (Å²) in [5.41, 5.74) is -1.35. The van der Waals surface area contributed by atoms with Crippen molar-refractivity contribution in [2.75, 3.05) is 44.2 Å². The Hall–Kier alpha value is -3.77. The van der Waals surface area contributed by atoms with Gasteiger partial charge >= 0.3 is 6.01 Å². The number of phenols is 1. The first kappa shape index (κ1) is 27.8. The number of hydrogen-bond donors (Lipinski definition) is 2. The molecule has 4 aromatic rings. The summed E-state index contributed by atoms with van der Waals surface area (Å²) in [7, 11) is 0. The van der Waals surface area contributed by atoms with E-state index in [9.17, 15) is 9.50 Å². The third-order valence-electron chi connectivity index (χ3n) is 10.0. The number of benzene rings is 2. The monoisotopic (exact) mass is 608 g/mol. The van der Waals surface area contributed by atoms with Crippen LogP contribution in [0, 0.1) is 18.6 Å². The Morgan fingerprint density at radius 2 is 1.84 bits per heavy atom. The van der Waals surface area contributed by atoms with Crippen molar-refractivity contribution in [2.45, 2.75) is 56.5 Å². The molecule has 0 aliphatic carbocycles. The van der Waals surface area contributed by atoms with Crippen LogP contribution in [-0.4, -0.2) is 75.9 Å². The fourth-order valence-electron chi connectivity index (χ4n) is 7.92. The lowest BCUT2D eigenvalue weighted by Crippen LogP contribution is -2.52. The maximum absolute atomic E-state index is 16.8. The zero-order valence-corrected chi connectivity index (χ0v) is 24.3. The van der Waals surface area contributed by atoms with Gasteiger partial charge in [-0.1, -0.05) is 6.07 Å². The molecule has 4 aliphatic rings. The Kier molecular flexibility index (Phi) is 6.22. The van der Waals surface area contributed by atoms with Gasteiger partial charge in [-0.25, -0.2) is 13.8 Å². The number of aromatic nitrogens is 3. The minimum absolute atomic E-state index is 0.00107. The van der Waals surface area contributed by atoms with Crippen LogP contribution < -0.4 is 15.0 Å². The molecule has 3 saturated heterocycles. The molecule has 8 rings (SSSR count). The lowest BCUT2D eigenvalue weighted by Gasteiger charge is -2.37. The third kappa shape index (κ3) is 4.13. The van der Waals surface area contributed by atoms with Gasteiger partial charge in [0.25, 0.3) is 5.92 Å². The Morgan fingerprint density at radius 1 is 1.05 bits per heavy atom. The highest BCUT2D eigenvalue weighted by atomic mass is 19.3. The van der Waals surface area contributed by atoms with Crippen molar-refractivity contribution in [1.29, 1.82) is 0 Å². The summed E-state index contributed by atoms with van der Waals surface area (Å²) in [5, 5.41) is 14.3. The molecule has 4 aliphatic heterocycles. The molecule has 12 heteroatoms. The molecule has 3 fully saturated rings. The number of ether oxygens (including phenoxy) is 1. The number of piperazine rings is 1. The summed E-state index contributed by atoms with van der Waals surface area (Å²) in [4.78, 5) is 17.6. The molecule has 1 unspecified atom stereocenters. The zero-order valence-electron chi connectivity index (χ0n) is 24.3. The van der Waals surface area contributed by atoms with Gasteiger partial charge < -0.3 is 20.1 Å². The summed E-state index contributed by atoms with van der Waals surface area (Å²) in [5.74, 6) is -5.02. The zero-order chi connectivity index (χ0) is 30.4. The number of fused-ring (bicyclic) bond motifs is 4. The van der Waals surface area contributed by atoms with Crippen LogP contribution in [0.3, 0.4) is 0 Å². The lowest BCUT2D eigenvalue weighted by atomic mass is 9.95. The predicted octanol–water partition coefficient (Wildman–Crippen LogP) is 5.42. The van der Waals surface area contributed by atoms with Crippen molar-refractivity contribution in [1.82, 2.24) is 25.2 Å². The Bertz CT molecular complexity index is 1820. The number of anilines is 1. The Morgan fingerprint density at radius 3 is 2.64 bits per heavy atom. The molecule has 1 atom stereocenters. The van der Waals surface area contributed by atoms with Gasteiger partial charge in [-0.2, -0.15) is 18.7 Å². The highest BCUT2D eigenvalue weighted by Crippen LogP contribution is 2.48. The summed E-state index contributed by atoms with van der Waals surface area (Å²) >= 11 is 0. The first-order valence-corrected chi connectivity index (χ1v) is 15.2.